The van der Waals surface area contributed by atoms with Gasteiger partial charge < -0.3 is 0 Å². The molecule has 0 radical (unpaired) electrons. The highest BCUT2D eigenvalue weighted by atomic mass is 14.1. The van der Waals surface area contributed by atoms with E-state index in [0.29, 0.717) is 0 Å². The van der Waals surface area contributed by atoms with Gasteiger partial charge in [0, 0.05) is 0 Å². The van der Waals surface area contributed by atoms with Crippen LogP contribution >= 0.6 is 0 Å². The van der Waals surface area contributed by atoms with Crippen LogP contribution in [0.5, 0.6) is 0 Å². The first-order valence-corrected chi connectivity index (χ1v) is 8.77. The lowest BCUT2D eigenvalue weighted by atomic mass is 9.91. The Morgan fingerprint density at radius 1 is 0.680 bits per heavy atom. The quantitative estimate of drug-likeness (QED) is 0.549. The predicted molar refractivity (Wildman–Crippen MR) is 108 cm³/mol. The molecule has 0 fully saturated rings. The fraction of sp³-hybridized carbons (Fsp3) is 0.0800. The highest BCUT2D eigenvalue weighted by Crippen LogP contribution is 2.31. The van der Waals surface area contributed by atoms with Gasteiger partial charge in [-0.05, 0) is 82.7 Å². The molecule has 0 unspecified atom stereocenters. The lowest BCUT2D eigenvalue weighted by Gasteiger charge is -2.13. The first-order valence-electron chi connectivity index (χ1n) is 8.77. The van der Waals surface area contributed by atoms with Crippen molar-refractivity contribution in [3.8, 4) is 11.1 Å². The summed E-state index contributed by atoms with van der Waals surface area (Å²) in [4.78, 5) is 0. The van der Waals surface area contributed by atoms with Crippen LogP contribution in [-0.4, -0.2) is 0 Å². The SMILES string of the molecule is C1=CC=CC(c2cc(C3=CCCC=C3)cc(-c3ccccc3)c2)=CC=1. The van der Waals surface area contributed by atoms with E-state index in [1.807, 2.05) is 18.2 Å². The highest BCUT2D eigenvalue weighted by molar-refractivity contribution is 5.85. The molecule has 0 aliphatic heterocycles. The average molecular weight is 320 g/mol. The van der Waals surface area contributed by atoms with Gasteiger partial charge in [0.05, 0.1) is 0 Å². The topological polar surface area (TPSA) is 0 Å². The Bertz CT molecular complexity index is 956. The number of hydrogen-bond donors (Lipinski definition) is 0. The molecule has 0 aromatic heterocycles. The maximum atomic E-state index is 3.14. The highest BCUT2D eigenvalue weighted by Gasteiger charge is 2.09. The normalized spacial score (nSPS) is 15.7. The predicted octanol–water partition coefficient (Wildman–Crippen LogP) is 6.75. The zero-order valence-corrected chi connectivity index (χ0v) is 14.2. The molecule has 25 heavy (non-hydrogen) atoms. The molecular formula is C25H20. The van der Waals surface area contributed by atoms with Gasteiger partial charge in [-0.2, -0.15) is 0 Å². The van der Waals surface area contributed by atoms with Gasteiger partial charge in [-0.15, -0.1) is 5.73 Å². The second kappa shape index (κ2) is 7.21. The van der Waals surface area contributed by atoms with Gasteiger partial charge in [-0.25, -0.2) is 0 Å². The third-order valence-corrected chi connectivity index (χ3v) is 4.53. The van der Waals surface area contributed by atoms with Crippen LogP contribution in [0.4, 0.5) is 0 Å². The molecule has 120 valence electrons. The van der Waals surface area contributed by atoms with Crippen molar-refractivity contribution in [2.75, 3.05) is 0 Å². The fourth-order valence-electron chi connectivity index (χ4n) is 3.23. The summed E-state index contributed by atoms with van der Waals surface area (Å²) in [5.74, 6) is 0. The van der Waals surface area contributed by atoms with Crippen molar-refractivity contribution >= 4 is 11.1 Å². The molecule has 0 N–H and O–H groups in total. The minimum absolute atomic E-state index is 1.12. The third-order valence-electron chi connectivity index (χ3n) is 4.53. The summed E-state index contributed by atoms with van der Waals surface area (Å²) in [6, 6.07) is 17.5. The molecule has 2 aromatic carbocycles. The van der Waals surface area contributed by atoms with Gasteiger partial charge >= 0.3 is 0 Å². The number of hydrogen-bond acceptors (Lipinski definition) is 0. The van der Waals surface area contributed by atoms with Crippen LogP contribution in [0.2, 0.25) is 0 Å². The molecule has 0 saturated heterocycles. The maximum absolute atomic E-state index is 3.14. The molecule has 2 aromatic rings. The first-order chi connectivity index (χ1) is 12.4. The van der Waals surface area contributed by atoms with Gasteiger partial charge in [0.15, 0.2) is 0 Å². The number of allylic oxidation sites excluding steroid dienone is 9. The van der Waals surface area contributed by atoms with Crippen molar-refractivity contribution in [1.82, 2.24) is 0 Å². The van der Waals surface area contributed by atoms with Crippen molar-refractivity contribution in [2.45, 2.75) is 12.8 Å². The van der Waals surface area contributed by atoms with Gasteiger partial charge in [-0.3, -0.25) is 0 Å². The molecule has 2 aliphatic carbocycles. The minimum atomic E-state index is 1.12. The van der Waals surface area contributed by atoms with E-state index < -0.39 is 0 Å². The van der Waals surface area contributed by atoms with Crippen LogP contribution in [0, 0.1) is 0 Å². The Morgan fingerprint density at radius 3 is 2.28 bits per heavy atom. The Hall–Kier alpha value is -3.08. The van der Waals surface area contributed by atoms with Crippen molar-refractivity contribution < 1.29 is 0 Å². The summed E-state index contributed by atoms with van der Waals surface area (Å²) in [6.07, 6.45) is 19.3. The second-order valence-corrected chi connectivity index (χ2v) is 6.29. The van der Waals surface area contributed by atoms with Crippen LogP contribution in [0.25, 0.3) is 22.3 Å². The molecule has 0 heterocycles. The lowest BCUT2D eigenvalue weighted by molar-refractivity contribution is 1.04. The zero-order valence-electron chi connectivity index (χ0n) is 14.2. The van der Waals surface area contributed by atoms with Gasteiger partial charge in [0.25, 0.3) is 0 Å². The van der Waals surface area contributed by atoms with Crippen molar-refractivity contribution in [1.29, 1.82) is 0 Å². The molecular weight excluding hydrogens is 300 g/mol. The largest absolute Gasteiger partial charge is 0.121 e. The summed E-state index contributed by atoms with van der Waals surface area (Å²) >= 11 is 0. The third kappa shape index (κ3) is 3.55. The molecule has 0 bridgehead atoms. The Morgan fingerprint density at radius 2 is 1.48 bits per heavy atom. The van der Waals surface area contributed by atoms with Crippen LogP contribution in [0.1, 0.15) is 24.0 Å². The minimum Gasteiger partial charge on any atom is -0.121 e. The van der Waals surface area contributed by atoms with E-state index in [4.69, 9.17) is 0 Å². The summed E-state index contributed by atoms with van der Waals surface area (Å²) in [6.45, 7) is 0. The summed E-state index contributed by atoms with van der Waals surface area (Å²) in [5.41, 5.74) is 10.7. The number of rotatable bonds is 3. The fourth-order valence-corrected chi connectivity index (χ4v) is 3.23. The van der Waals surface area contributed by atoms with E-state index in [2.05, 4.69) is 84.6 Å². The van der Waals surface area contributed by atoms with E-state index in [-0.39, 0.29) is 0 Å². The number of benzene rings is 2. The molecule has 0 spiro atoms. The van der Waals surface area contributed by atoms with E-state index in [9.17, 15) is 0 Å². The summed E-state index contributed by atoms with van der Waals surface area (Å²) < 4.78 is 0. The van der Waals surface area contributed by atoms with Crippen LogP contribution < -0.4 is 0 Å². The van der Waals surface area contributed by atoms with Crippen molar-refractivity contribution in [3.63, 3.8) is 0 Å². The Labute approximate surface area is 149 Å². The van der Waals surface area contributed by atoms with E-state index in [1.165, 1.54) is 33.4 Å². The molecule has 0 amide bonds. The van der Waals surface area contributed by atoms with Gasteiger partial charge in [-0.1, -0.05) is 60.7 Å². The molecule has 0 saturated carbocycles. The molecule has 0 atom stereocenters. The van der Waals surface area contributed by atoms with Gasteiger partial charge in [0.1, 0.15) is 0 Å². The molecule has 4 rings (SSSR count). The van der Waals surface area contributed by atoms with Crippen molar-refractivity contribution in [2.24, 2.45) is 0 Å². The van der Waals surface area contributed by atoms with Crippen LogP contribution in [-0.2, 0) is 0 Å². The lowest BCUT2D eigenvalue weighted by Crippen LogP contribution is -1.91. The van der Waals surface area contributed by atoms with Gasteiger partial charge in [0.2, 0.25) is 0 Å². The molecule has 0 nitrogen and oxygen atoms in total. The smallest absolute Gasteiger partial charge is 0.0171 e. The first kappa shape index (κ1) is 15.4. The van der Waals surface area contributed by atoms with Crippen molar-refractivity contribution in [3.05, 3.63) is 114 Å². The average Bonchev–Trinajstić information content (AvgIpc) is 2.99. The second-order valence-electron chi connectivity index (χ2n) is 6.29. The van der Waals surface area contributed by atoms with E-state index in [0.717, 1.165) is 12.8 Å². The molecule has 0 heteroatoms. The van der Waals surface area contributed by atoms with E-state index >= 15 is 0 Å². The Kier molecular flexibility index (Phi) is 4.46. The Balaban J connectivity index is 1.86. The monoisotopic (exact) mass is 320 g/mol. The standard InChI is InChI=1S/C25H20/c1-2-6-12-20(11-5-1)23-17-24(21-13-7-3-8-14-21)19-25(18-23)22-15-9-4-10-16-22/h1,3,5-9,11-19H,4,10H2. The summed E-state index contributed by atoms with van der Waals surface area (Å²) in [7, 11) is 0. The summed E-state index contributed by atoms with van der Waals surface area (Å²) in [5, 5.41) is 0. The molecule has 2 aliphatic rings. The zero-order chi connectivity index (χ0) is 16.9. The van der Waals surface area contributed by atoms with Crippen LogP contribution in [0.15, 0.2) is 103 Å². The van der Waals surface area contributed by atoms with E-state index in [1.54, 1.807) is 0 Å². The van der Waals surface area contributed by atoms with Crippen LogP contribution in [0.3, 0.4) is 0 Å². The maximum Gasteiger partial charge on any atom is -0.0171 e.